The Morgan fingerprint density at radius 1 is 1.30 bits per heavy atom. The highest BCUT2D eigenvalue weighted by atomic mass is 15.3. The maximum atomic E-state index is 5.85. The van der Waals surface area contributed by atoms with Crippen LogP contribution in [0.5, 0.6) is 0 Å². The maximum absolute atomic E-state index is 5.85. The standard InChI is InChI=1S/C13H21N7/c1-3-4-5-6-7-10-11(12(14)18-16-10)17-19-13-15-8-9-20(13)2/h8-9H,3-7H2,1-2H3,(H3,14,16,18)/b19-17+. The van der Waals surface area contributed by atoms with E-state index in [0.717, 1.165) is 18.5 Å². The molecule has 3 N–H and O–H groups in total. The average molecular weight is 275 g/mol. The summed E-state index contributed by atoms with van der Waals surface area (Å²) in [4.78, 5) is 4.09. The van der Waals surface area contributed by atoms with Crippen LogP contribution in [-0.4, -0.2) is 19.7 Å². The third-order valence-corrected chi connectivity index (χ3v) is 3.14. The smallest absolute Gasteiger partial charge is 0.249 e. The summed E-state index contributed by atoms with van der Waals surface area (Å²) in [7, 11) is 1.87. The van der Waals surface area contributed by atoms with Crippen molar-refractivity contribution in [1.29, 1.82) is 0 Å². The van der Waals surface area contributed by atoms with Crippen LogP contribution >= 0.6 is 0 Å². The average Bonchev–Trinajstić information content (AvgIpc) is 2.99. The van der Waals surface area contributed by atoms with Gasteiger partial charge in [-0.15, -0.1) is 10.2 Å². The number of aromatic nitrogens is 4. The van der Waals surface area contributed by atoms with E-state index in [4.69, 9.17) is 5.73 Å². The van der Waals surface area contributed by atoms with Crippen molar-refractivity contribution in [2.24, 2.45) is 17.3 Å². The van der Waals surface area contributed by atoms with Crippen molar-refractivity contribution in [2.45, 2.75) is 39.0 Å². The lowest BCUT2D eigenvalue weighted by atomic mass is 10.1. The number of imidazole rings is 1. The van der Waals surface area contributed by atoms with Crippen LogP contribution in [-0.2, 0) is 13.5 Å². The third kappa shape index (κ3) is 3.43. The summed E-state index contributed by atoms with van der Waals surface area (Å²) in [5, 5.41) is 15.3. The Hall–Kier alpha value is -2.18. The van der Waals surface area contributed by atoms with Gasteiger partial charge in [0.15, 0.2) is 5.69 Å². The summed E-state index contributed by atoms with van der Waals surface area (Å²) < 4.78 is 1.79. The lowest BCUT2D eigenvalue weighted by molar-refractivity contribution is 0.659. The second kappa shape index (κ2) is 6.83. The van der Waals surface area contributed by atoms with E-state index in [1.54, 1.807) is 10.8 Å². The molecular formula is C13H21N7. The van der Waals surface area contributed by atoms with Gasteiger partial charge in [0, 0.05) is 19.4 Å². The van der Waals surface area contributed by atoms with Gasteiger partial charge >= 0.3 is 0 Å². The topological polar surface area (TPSA) is 97.2 Å². The van der Waals surface area contributed by atoms with E-state index in [2.05, 4.69) is 32.3 Å². The zero-order valence-electron chi connectivity index (χ0n) is 12.0. The molecule has 0 aliphatic heterocycles. The van der Waals surface area contributed by atoms with Crippen molar-refractivity contribution < 1.29 is 0 Å². The van der Waals surface area contributed by atoms with Crippen LogP contribution in [0, 0.1) is 0 Å². The van der Waals surface area contributed by atoms with Gasteiger partial charge in [-0.05, 0) is 12.8 Å². The van der Waals surface area contributed by atoms with Crippen molar-refractivity contribution in [3.05, 3.63) is 18.1 Å². The molecule has 20 heavy (non-hydrogen) atoms. The molecule has 0 aliphatic carbocycles. The minimum atomic E-state index is 0.452. The lowest BCUT2D eigenvalue weighted by Crippen LogP contribution is -1.88. The first kappa shape index (κ1) is 14.2. The number of nitrogen functional groups attached to an aromatic ring is 1. The van der Waals surface area contributed by atoms with Crippen LogP contribution < -0.4 is 5.73 Å². The first-order valence-corrected chi connectivity index (χ1v) is 6.94. The van der Waals surface area contributed by atoms with Gasteiger partial charge < -0.3 is 10.3 Å². The largest absolute Gasteiger partial charge is 0.382 e. The van der Waals surface area contributed by atoms with E-state index < -0.39 is 0 Å². The monoisotopic (exact) mass is 275 g/mol. The van der Waals surface area contributed by atoms with Crippen molar-refractivity contribution >= 4 is 17.5 Å². The number of nitrogens with two attached hydrogens (primary N) is 1. The highest BCUT2D eigenvalue weighted by Crippen LogP contribution is 2.27. The van der Waals surface area contributed by atoms with Crippen LogP contribution in [0.15, 0.2) is 22.6 Å². The van der Waals surface area contributed by atoms with E-state index >= 15 is 0 Å². The molecule has 0 atom stereocenters. The quantitative estimate of drug-likeness (QED) is 0.599. The molecule has 7 nitrogen and oxygen atoms in total. The number of aryl methyl sites for hydroxylation is 2. The number of azo groups is 1. The van der Waals surface area contributed by atoms with Crippen LogP contribution in [0.1, 0.15) is 38.3 Å². The SMILES string of the molecule is CCCCCCc1n[nH]c(N)c1/N=N/c1nccn1C. The predicted molar refractivity (Wildman–Crippen MR) is 78.2 cm³/mol. The molecule has 0 unspecified atom stereocenters. The summed E-state index contributed by atoms with van der Waals surface area (Å²) in [5.74, 6) is 0.996. The zero-order valence-corrected chi connectivity index (χ0v) is 12.0. The molecule has 0 amide bonds. The molecule has 0 saturated carbocycles. The molecule has 0 saturated heterocycles. The molecule has 0 aromatic carbocycles. The first-order chi connectivity index (χ1) is 9.72. The minimum absolute atomic E-state index is 0.452. The fourth-order valence-electron chi connectivity index (χ4n) is 1.94. The third-order valence-electron chi connectivity index (χ3n) is 3.14. The Balaban J connectivity index is 2.05. The Morgan fingerprint density at radius 2 is 2.15 bits per heavy atom. The van der Waals surface area contributed by atoms with Crippen molar-refractivity contribution in [2.75, 3.05) is 5.73 Å². The predicted octanol–water partition coefficient (Wildman–Crippen LogP) is 3.26. The number of nitrogens with zero attached hydrogens (tertiary/aromatic N) is 5. The van der Waals surface area contributed by atoms with Gasteiger partial charge in [-0.1, -0.05) is 26.2 Å². The zero-order chi connectivity index (χ0) is 14.4. The number of hydrogen-bond donors (Lipinski definition) is 2. The molecule has 2 aromatic rings. The highest BCUT2D eigenvalue weighted by molar-refractivity contribution is 5.60. The molecular weight excluding hydrogens is 254 g/mol. The van der Waals surface area contributed by atoms with Gasteiger partial charge in [0.2, 0.25) is 5.95 Å². The van der Waals surface area contributed by atoms with Gasteiger partial charge in [-0.2, -0.15) is 5.10 Å². The van der Waals surface area contributed by atoms with Crippen molar-refractivity contribution in [3.63, 3.8) is 0 Å². The van der Waals surface area contributed by atoms with Crippen LogP contribution in [0.25, 0.3) is 0 Å². The van der Waals surface area contributed by atoms with Gasteiger partial charge in [-0.25, -0.2) is 4.98 Å². The van der Waals surface area contributed by atoms with Gasteiger partial charge in [0.25, 0.3) is 0 Å². The molecule has 0 radical (unpaired) electrons. The van der Waals surface area contributed by atoms with E-state index in [1.807, 2.05) is 13.2 Å². The Kier molecular flexibility index (Phi) is 4.86. The van der Waals surface area contributed by atoms with Crippen molar-refractivity contribution in [3.8, 4) is 0 Å². The second-order valence-corrected chi connectivity index (χ2v) is 4.78. The van der Waals surface area contributed by atoms with E-state index in [1.165, 1.54) is 19.3 Å². The number of unbranched alkanes of at least 4 members (excludes halogenated alkanes) is 3. The number of anilines is 1. The second-order valence-electron chi connectivity index (χ2n) is 4.78. The number of nitrogens with one attached hydrogen (secondary N) is 1. The van der Waals surface area contributed by atoms with Gasteiger partial charge in [0.1, 0.15) is 5.82 Å². The summed E-state index contributed by atoms with van der Waals surface area (Å²) in [5.41, 5.74) is 7.35. The fourth-order valence-corrected chi connectivity index (χ4v) is 1.94. The van der Waals surface area contributed by atoms with Gasteiger partial charge in [-0.3, -0.25) is 5.10 Å². The Bertz CT molecular complexity index is 567. The van der Waals surface area contributed by atoms with Gasteiger partial charge in [0.05, 0.1) is 5.69 Å². The van der Waals surface area contributed by atoms with E-state index in [0.29, 0.717) is 17.5 Å². The lowest BCUT2D eigenvalue weighted by Gasteiger charge is -1.98. The summed E-state index contributed by atoms with van der Waals surface area (Å²) in [6, 6.07) is 0. The fraction of sp³-hybridized carbons (Fsp3) is 0.538. The molecule has 0 spiro atoms. The maximum Gasteiger partial charge on any atom is 0.249 e. The van der Waals surface area contributed by atoms with Crippen molar-refractivity contribution in [1.82, 2.24) is 19.7 Å². The molecule has 0 bridgehead atoms. The number of rotatable bonds is 7. The highest BCUT2D eigenvalue weighted by Gasteiger charge is 2.10. The molecule has 0 aliphatic rings. The molecule has 7 heteroatoms. The molecule has 0 fully saturated rings. The first-order valence-electron chi connectivity index (χ1n) is 6.94. The minimum Gasteiger partial charge on any atom is -0.382 e. The normalized spacial score (nSPS) is 11.5. The van der Waals surface area contributed by atoms with Crippen LogP contribution in [0.4, 0.5) is 17.5 Å². The number of hydrogen-bond acceptors (Lipinski definition) is 5. The molecule has 108 valence electrons. The van der Waals surface area contributed by atoms with Crippen LogP contribution in [0.2, 0.25) is 0 Å². The van der Waals surface area contributed by atoms with E-state index in [-0.39, 0.29) is 0 Å². The number of H-pyrrole nitrogens is 1. The summed E-state index contributed by atoms with van der Waals surface area (Å²) >= 11 is 0. The molecule has 2 heterocycles. The Morgan fingerprint density at radius 3 is 2.85 bits per heavy atom. The number of aromatic amines is 1. The van der Waals surface area contributed by atoms with E-state index in [9.17, 15) is 0 Å². The Labute approximate surface area is 118 Å². The molecule has 2 aromatic heterocycles. The summed E-state index contributed by atoms with van der Waals surface area (Å²) in [6.07, 6.45) is 9.10. The summed E-state index contributed by atoms with van der Waals surface area (Å²) in [6.45, 7) is 2.19. The molecule has 2 rings (SSSR count). The van der Waals surface area contributed by atoms with Crippen LogP contribution in [0.3, 0.4) is 0 Å².